The molecule has 0 unspecified atom stereocenters. The number of H-pyrrole nitrogens is 1. The summed E-state index contributed by atoms with van der Waals surface area (Å²) in [4.78, 5) is 2.95. The van der Waals surface area contributed by atoms with Gasteiger partial charge in [-0.1, -0.05) is 6.07 Å². The molecule has 5 nitrogen and oxygen atoms in total. The number of aromatic nitrogens is 1. The van der Waals surface area contributed by atoms with Gasteiger partial charge < -0.3 is 15.8 Å². The Morgan fingerprint density at radius 1 is 1.19 bits per heavy atom. The van der Waals surface area contributed by atoms with E-state index in [2.05, 4.69) is 15.2 Å². The van der Waals surface area contributed by atoms with E-state index in [0.717, 1.165) is 32.6 Å². The molecule has 0 saturated carbocycles. The van der Waals surface area contributed by atoms with Crippen LogP contribution in [0.5, 0.6) is 5.88 Å². The second kappa shape index (κ2) is 4.21. The monoisotopic (exact) mass is 277 g/mol. The normalized spacial score (nSPS) is 13.6. The van der Waals surface area contributed by atoms with E-state index in [1.165, 1.54) is 0 Å². The third-order valence-electron chi connectivity index (χ3n) is 3.61. The van der Waals surface area contributed by atoms with Crippen LogP contribution in [-0.2, 0) is 0 Å². The van der Waals surface area contributed by atoms with Crippen LogP contribution in [0, 0.1) is 0 Å². The Hall–Kier alpha value is -3.08. The van der Waals surface area contributed by atoms with Gasteiger partial charge in [0.2, 0.25) is 6.20 Å². The van der Waals surface area contributed by atoms with Gasteiger partial charge >= 0.3 is 0 Å². The molecule has 2 aromatic carbocycles. The molecular formula is C16H13N4O+. The smallest absolute Gasteiger partial charge is 0.203 e. The molecule has 0 saturated heterocycles. The van der Waals surface area contributed by atoms with Gasteiger partial charge in [0, 0.05) is 22.2 Å². The highest BCUT2D eigenvalue weighted by molar-refractivity contribution is 5.93. The average Bonchev–Trinajstić information content (AvgIpc) is 3.04. The number of azo groups is 1. The maximum atomic E-state index is 10.1. The van der Waals surface area contributed by atoms with Crippen molar-refractivity contribution in [3.63, 3.8) is 0 Å². The minimum atomic E-state index is 0.137. The minimum Gasteiger partial charge on any atom is -0.494 e. The Bertz CT molecular complexity index is 1010. The van der Waals surface area contributed by atoms with E-state index in [1.807, 2.05) is 42.6 Å². The molecule has 5 heteroatoms. The first-order chi connectivity index (χ1) is 10.2. The largest absolute Gasteiger partial charge is 0.494 e. The average molecular weight is 277 g/mol. The molecule has 0 fully saturated rings. The first-order valence-electron chi connectivity index (χ1n) is 6.59. The molecule has 1 aromatic heterocycles. The number of nitrogens with one attached hydrogen (secondary N) is 2. The van der Waals surface area contributed by atoms with Gasteiger partial charge in [-0.25, -0.2) is 0 Å². The molecule has 102 valence electrons. The molecule has 0 bridgehead atoms. The second-order valence-electron chi connectivity index (χ2n) is 5.04. The number of anilines is 1. The fourth-order valence-corrected chi connectivity index (χ4v) is 2.57. The molecule has 0 radical (unpaired) electrons. The quantitative estimate of drug-likeness (QED) is 0.479. The number of hydrogen-bond acceptors (Lipinski definition) is 3. The molecule has 2 heterocycles. The standard InChI is InChI=1S/C16H12N4O/c17-11-3-4-14-12(7-11)13(16(21)19-14)5-9-1-2-10-8-18-20-15(10)6-9/h1-8,19,21H,17H2/p+1/b9-5+. The maximum Gasteiger partial charge on any atom is 0.203 e. The van der Waals surface area contributed by atoms with Gasteiger partial charge in [-0.2, -0.15) is 0 Å². The van der Waals surface area contributed by atoms with Crippen LogP contribution in [-0.4, -0.2) is 10.1 Å². The van der Waals surface area contributed by atoms with Gasteiger partial charge in [0.15, 0.2) is 5.88 Å². The minimum absolute atomic E-state index is 0.137. The van der Waals surface area contributed by atoms with Crippen molar-refractivity contribution in [2.24, 2.45) is 5.11 Å². The summed E-state index contributed by atoms with van der Waals surface area (Å²) in [6.07, 6.45) is 3.77. The summed E-state index contributed by atoms with van der Waals surface area (Å²) in [5.41, 5.74) is 8.97. The Balaban J connectivity index is 1.97. The summed E-state index contributed by atoms with van der Waals surface area (Å²) < 4.78 is 0. The zero-order valence-corrected chi connectivity index (χ0v) is 11.1. The number of nitrogen functional groups attached to an aromatic ring is 1. The van der Waals surface area contributed by atoms with Crippen LogP contribution in [0.1, 0.15) is 5.56 Å². The van der Waals surface area contributed by atoms with Crippen molar-refractivity contribution in [2.45, 2.75) is 0 Å². The fourth-order valence-electron chi connectivity index (χ4n) is 2.57. The number of nitrogens with zero attached hydrogens (tertiary/aromatic N) is 1. The molecule has 0 amide bonds. The van der Waals surface area contributed by atoms with Crippen LogP contribution >= 0.6 is 0 Å². The van der Waals surface area contributed by atoms with E-state index >= 15 is 0 Å². The van der Waals surface area contributed by atoms with Gasteiger partial charge in [0.25, 0.3) is 0 Å². The number of aromatic hydroxyl groups is 1. The van der Waals surface area contributed by atoms with E-state index in [9.17, 15) is 5.11 Å². The third kappa shape index (κ3) is 1.87. The topological polar surface area (TPSA) is 88.4 Å². The summed E-state index contributed by atoms with van der Waals surface area (Å²) in [6.45, 7) is 0. The van der Waals surface area contributed by atoms with Crippen LogP contribution in [0.25, 0.3) is 23.2 Å². The third-order valence-corrected chi connectivity index (χ3v) is 3.61. The van der Waals surface area contributed by atoms with Crippen LogP contribution in [0.2, 0.25) is 0 Å². The number of rotatable bonds is 1. The highest BCUT2D eigenvalue weighted by atomic mass is 16.3. The SMILES string of the molecule is Nc1ccc2[nH]c(O)c(/C=c3\ccc4c(c3)N=[NH+]C=4)c2c1. The lowest BCUT2D eigenvalue weighted by Crippen LogP contribution is -2.54. The molecule has 1 aliphatic heterocycles. The van der Waals surface area contributed by atoms with E-state index in [0.29, 0.717) is 5.69 Å². The molecule has 0 atom stereocenters. The maximum absolute atomic E-state index is 10.1. The molecule has 3 aromatic rings. The zero-order chi connectivity index (χ0) is 14.4. The molecule has 21 heavy (non-hydrogen) atoms. The van der Waals surface area contributed by atoms with Gasteiger partial charge in [-0.3, -0.25) is 0 Å². The summed E-state index contributed by atoms with van der Waals surface area (Å²) in [7, 11) is 0. The lowest BCUT2D eigenvalue weighted by Gasteiger charge is -1.95. The number of aromatic amines is 1. The van der Waals surface area contributed by atoms with Gasteiger partial charge in [-0.05, 0) is 46.7 Å². The van der Waals surface area contributed by atoms with E-state index < -0.39 is 0 Å². The molecule has 5 N–H and O–H groups in total. The Labute approximate surface area is 119 Å². The lowest BCUT2D eigenvalue weighted by molar-refractivity contribution is -0.407. The first kappa shape index (κ1) is 11.7. The van der Waals surface area contributed by atoms with Crippen molar-refractivity contribution in [1.82, 2.24) is 4.98 Å². The zero-order valence-electron chi connectivity index (χ0n) is 11.1. The molecular weight excluding hydrogens is 264 g/mol. The number of benzene rings is 2. The van der Waals surface area contributed by atoms with Gasteiger partial charge in [0.05, 0.1) is 5.22 Å². The highest BCUT2D eigenvalue weighted by Gasteiger charge is 2.09. The molecule has 0 spiro atoms. The van der Waals surface area contributed by atoms with Crippen molar-refractivity contribution in [3.05, 3.63) is 52.4 Å². The fraction of sp³-hybridized carbons (Fsp3) is 0. The van der Waals surface area contributed by atoms with Crippen molar-refractivity contribution in [3.8, 4) is 5.88 Å². The molecule has 1 aliphatic rings. The Morgan fingerprint density at radius 2 is 2.10 bits per heavy atom. The molecule has 4 rings (SSSR count). The van der Waals surface area contributed by atoms with Crippen LogP contribution in [0.15, 0.2) is 41.5 Å². The summed E-state index contributed by atoms with van der Waals surface area (Å²) in [5.74, 6) is 0.137. The van der Waals surface area contributed by atoms with Crippen molar-refractivity contribution in [1.29, 1.82) is 0 Å². The number of hydrogen-bond donors (Lipinski definition) is 4. The van der Waals surface area contributed by atoms with Crippen molar-refractivity contribution >= 4 is 34.6 Å². The van der Waals surface area contributed by atoms with Gasteiger partial charge in [-0.15, -0.1) is 5.11 Å². The van der Waals surface area contributed by atoms with E-state index in [-0.39, 0.29) is 5.88 Å². The summed E-state index contributed by atoms with van der Waals surface area (Å²) in [6, 6.07) is 11.5. The van der Waals surface area contributed by atoms with Crippen molar-refractivity contribution < 1.29 is 10.2 Å². The van der Waals surface area contributed by atoms with Crippen molar-refractivity contribution in [2.75, 3.05) is 5.73 Å². The first-order valence-corrected chi connectivity index (χ1v) is 6.59. The van der Waals surface area contributed by atoms with Crippen LogP contribution < -0.4 is 21.3 Å². The lowest BCUT2D eigenvalue weighted by atomic mass is 10.1. The highest BCUT2D eigenvalue weighted by Crippen LogP contribution is 2.29. The van der Waals surface area contributed by atoms with Crippen LogP contribution in [0.4, 0.5) is 11.4 Å². The Kier molecular flexibility index (Phi) is 2.35. The summed E-state index contributed by atoms with van der Waals surface area (Å²) in [5, 5.41) is 20.0. The van der Waals surface area contributed by atoms with Gasteiger partial charge in [0.1, 0.15) is 5.69 Å². The predicted octanol–water partition coefficient (Wildman–Crippen LogP) is 0.200. The predicted molar refractivity (Wildman–Crippen MR) is 81.2 cm³/mol. The molecule has 0 aliphatic carbocycles. The Morgan fingerprint density at radius 3 is 3.00 bits per heavy atom. The van der Waals surface area contributed by atoms with E-state index in [1.54, 1.807) is 6.07 Å². The summed E-state index contributed by atoms with van der Waals surface area (Å²) >= 11 is 0. The second-order valence-corrected chi connectivity index (χ2v) is 5.04. The van der Waals surface area contributed by atoms with E-state index in [4.69, 9.17) is 5.73 Å². The van der Waals surface area contributed by atoms with Crippen LogP contribution in [0.3, 0.4) is 0 Å². The number of nitrogens with two attached hydrogens (primary N) is 1. The number of fused-ring (bicyclic) bond motifs is 2.